The van der Waals surface area contributed by atoms with Gasteiger partial charge in [-0.05, 0) is 24.6 Å². The van der Waals surface area contributed by atoms with Crippen LogP contribution in [0.25, 0.3) is 0 Å². The molecule has 0 aliphatic heterocycles. The standard InChI is InChI=1S/C16H20FNO3/c1-2-3-8-18(9-11-20)16(21)14-7-6-13(5-4-10-19)12-15(14)17/h6-7,12,19-20H,2-3,8-11H2,1H3. The summed E-state index contributed by atoms with van der Waals surface area (Å²) < 4.78 is 14.0. The van der Waals surface area contributed by atoms with Crippen LogP contribution in [0.3, 0.4) is 0 Å². The molecule has 0 saturated heterocycles. The molecule has 0 fully saturated rings. The highest BCUT2D eigenvalue weighted by molar-refractivity contribution is 5.94. The first-order valence-corrected chi connectivity index (χ1v) is 6.93. The molecule has 0 aliphatic rings. The van der Waals surface area contributed by atoms with E-state index in [1.807, 2.05) is 6.92 Å². The Balaban J connectivity index is 2.94. The summed E-state index contributed by atoms with van der Waals surface area (Å²) in [6, 6.07) is 4.10. The summed E-state index contributed by atoms with van der Waals surface area (Å²) in [5.41, 5.74) is 0.370. The van der Waals surface area contributed by atoms with E-state index in [4.69, 9.17) is 10.2 Å². The predicted octanol–water partition coefficient (Wildman–Crippen LogP) is 1.40. The van der Waals surface area contributed by atoms with E-state index in [1.165, 1.54) is 23.1 Å². The second kappa shape index (κ2) is 9.11. The van der Waals surface area contributed by atoms with Crippen LogP contribution in [0, 0.1) is 17.7 Å². The van der Waals surface area contributed by atoms with Crippen LogP contribution in [0.1, 0.15) is 35.7 Å². The van der Waals surface area contributed by atoms with Gasteiger partial charge < -0.3 is 15.1 Å². The molecule has 0 spiro atoms. The smallest absolute Gasteiger partial charge is 0.256 e. The molecule has 0 aromatic heterocycles. The van der Waals surface area contributed by atoms with Crippen molar-refractivity contribution in [1.29, 1.82) is 0 Å². The van der Waals surface area contributed by atoms with E-state index in [0.717, 1.165) is 12.8 Å². The van der Waals surface area contributed by atoms with Crippen LogP contribution in [0.15, 0.2) is 18.2 Å². The van der Waals surface area contributed by atoms with Crippen LogP contribution in [-0.2, 0) is 0 Å². The number of carbonyl (C=O) groups is 1. The zero-order valence-corrected chi connectivity index (χ0v) is 12.1. The lowest BCUT2D eigenvalue weighted by Gasteiger charge is -2.21. The van der Waals surface area contributed by atoms with Crippen LogP contribution in [0.2, 0.25) is 0 Å². The number of nitrogens with zero attached hydrogens (tertiary/aromatic N) is 1. The number of amides is 1. The minimum atomic E-state index is -0.649. The van der Waals surface area contributed by atoms with Gasteiger partial charge >= 0.3 is 0 Å². The average molecular weight is 293 g/mol. The van der Waals surface area contributed by atoms with Gasteiger partial charge in [0.05, 0.1) is 12.2 Å². The van der Waals surface area contributed by atoms with Crippen LogP contribution in [0.4, 0.5) is 4.39 Å². The van der Waals surface area contributed by atoms with Gasteiger partial charge in [0.25, 0.3) is 5.91 Å². The monoisotopic (exact) mass is 293 g/mol. The van der Waals surface area contributed by atoms with E-state index in [1.54, 1.807) is 0 Å². The molecule has 1 rings (SSSR count). The lowest BCUT2D eigenvalue weighted by atomic mass is 10.1. The van der Waals surface area contributed by atoms with Gasteiger partial charge in [-0.25, -0.2) is 4.39 Å². The average Bonchev–Trinajstić information content (AvgIpc) is 2.48. The molecule has 0 aliphatic carbocycles. The Hall–Kier alpha value is -1.90. The number of hydrogen-bond donors (Lipinski definition) is 2. The van der Waals surface area contributed by atoms with Crippen molar-refractivity contribution in [3.8, 4) is 11.8 Å². The molecule has 1 aromatic rings. The Labute approximate surface area is 124 Å². The highest BCUT2D eigenvalue weighted by Gasteiger charge is 2.18. The summed E-state index contributed by atoms with van der Waals surface area (Å²) in [5, 5.41) is 17.6. The number of carbonyl (C=O) groups excluding carboxylic acids is 1. The van der Waals surface area contributed by atoms with Crippen molar-refractivity contribution in [1.82, 2.24) is 4.90 Å². The summed E-state index contributed by atoms with van der Waals surface area (Å²) in [5.74, 6) is 3.92. The molecule has 4 nitrogen and oxygen atoms in total. The first-order valence-electron chi connectivity index (χ1n) is 6.93. The maximum Gasteiger partial charge on any atom is 0.256 e. The van der Waals surface area contributed by atoms with Gasteiger partial charge in [-0.3, -0.25) is 4.79 Å². The van der Waals surface area contributed by atoms with Crippen molar-refractivity contribution in [3.05, 3.63) is 35.1 Å². The number of hydrogen-bond acceptors (Lipinski definition) is 3. The Morgan fingerprint density at radius 3 is 2.67 bits per heavy atom. The Morgan fingerprint density at radius 2 is 2.10 bits per heavy atom. The number of unbranched alkanes of at least 4 members (excludes halogenated alkanes) is 1. The zero-order valence-electron chi connectivity index (χ0n) is 12.1. The quantitative estimate of drug-likeness (QED) is 0.780. The lowest BCUT2D eigenvalue weighted by Crippen LogP contribution is -2.35. The summed E-state index contributed by atoms with van der Waals surface area (Å²) in [4.78, 5) is 13.7. The Kier molecular flexibility index (Phi) is 7.44. The third kappa shape index (κ3) is 5.18. The van der Waals surface area contributed by atoms with Crippen LogP contribution < -0.4 is 0 Å². The molecular formula is C16H20FNO3. The highest BCUT2D eigenvalue weighted by Crippen LogP contribution is 2.13. The van der Waals surface area contributed by atoms with Gasteiger partial charge in [0, 0.05) is 18.7 Å². The molecular weight excluding hydrogens is 273 g/mol. The molecule has 0 atom stereocenters. The first-order chi connectivity index (χ1) is 10.1. The zero-order chi connectivity index (χ0) is 15.7. The molecule has 2 N–H and O–H groups in total. The van der Waals surface area contributed by atoms with E-state index in [-0.39, 0.29) is 25.3 Å². The van der Waals surface area contributed by atoms with Crippen molar-refractivity contribution in [2.75, 3.05) is 26.3 Å². The van der Waals surface area contributed by atoms with E-state index < -0.39 is 11.7 Å². The normalized spacial score (nSPS) is 9.90. The molecule has 1 aromatic carbocycles. The highest BCUT2D eigenvalue weighted by atomic mass is 19.1. The second-order valence-corrected chi connectivity index (χ2v) is 4.52. The van der Waals surface area contributed by atoms with Gasteiger partial charge in [-0.1, -0.05) is 25.2 Å². The van der Waals surface area contributed by atoms with Crippen LogP contribution in [0.5, 0.6) is 0 Å². The molecule has 114 valence electrons. The molecule has 0 saturated carbocycles. The number of rotatable bonds is 6. The van der Waals surface area contributed by atoms with Crippen molar-refractivity contribution in [3.63, 3.8) is 0 Å². The van der Waals surface area contributed by atoms with E-state index in [9.17, 15) is 9.18 Å². The van der Waals surface area contributed by atoms with Gasteiger partial charge in [-0.2, -0.15) is 0 Å². The van der Waals surface area contributed by atoms with E-state index in [0.29, 0.717) is 12.1 Å². The Bertz CT molecular complexity index is 534. The summed E-state index contributed by atoms with van der Waals surface area (Å²) in [6.45, 7) is 2.21. The van der Waals surface area contributed by atoms with Crippen molar-refractivity contribution in [2.45, 2.75) is 19.8 Å². The van der Waals surface area contributed by atoms with Crippen molar-refractivity contribution < 1.29 is 19.4 Å². The fourth-order valence-electron chi connectivity index (χ4n) is 1.86. The SMILES string of the molecule is CCCCN(CCO)C(=O)c1ccc(C#CCO)cc1F. The number of aliphatic hydroxyl groups is 2. The number of benzene rings is 1. The van der Waals surface area contributed by atoms with Gasteiger partial charge in [-0.15, -0.1) is 0 Å². The van der Waals surface area contributed by atoms with E-state index in [2.05, 4.69) is 11.8 Å². The maximum absolute atomic E-state index is 14.0. The maximum atomic E-state index is 14.0. The summed E-state index contributed by atoms with van der Waals surface area (Å²) in [6.07, 6.45) is 1.71. The minimum absolute atomic E-state index is 0.0332. The molecule has 0 radical (unpaired) electrons. The third-order valence-corrected chi connectivity index (χ3v) is 2.95. The summed E-state index contributed by atoms with van der Waals surface area (Å²) in [7, 11) is 0. The lowest BCUT2D eigenvalue weighted by molar-refractivity contribution is 0.0714. The van der Waals surface area contributed by atoms with Crippen molar-refractivity contribution >= 4 is 5.91 Å². The molecule has 0 unspecified atom stereocenters. The first kappa shape index (κ1) is 17.2. The summed E-state index contributed by atoms with van der Waals surface area (Å²) >= 11 is 0. The van der Waals surface area contributed by atoms with Gasteiger partial charge in [0.1, 0.15) is 12.4 Å². The fraction of sp³-hybridized carbons (Fsp3) is 0.438. The van der Waals surface area contributed by atoms with Gasteiger partial charge in [0.2, 0.25) is 0 Å². The minimum Gasteiger partial charge on any atom is -0.395 e. The van der Waals surface area contributed by atoms with Gasteiger partial charge in [0.15, 0.2) is 0 Å². The van der Waals surface area contributed by atoms with E-state index >= 15 is 0 Å². The van der Waals surface area contributed by atoms with Crippen LogP contribution in [-0.4, -0.2) is 47.3 Å². The molecule has 1 amide bonds. The number of aliphatic hydroxyl groups excluding tert-OH is 2. The molecule has 21 heavy (non-hydrogen) atoms. The molecule has 0 heterocycles. The molecule has 5 heteroatoms. The Morgan fingerprint density at radius 1 is 1.33 bits per heavy atom. The van der Waals surface area contributed by atoms with Crippen LogP contribution >= 0.6 is 0 Å². The largest absolute Gasteiger partial charge is 0.395 e. The number of halogens is 1. The topological polar surface area (TPSA) is 60.8 Å². The molecule has 0 bridgehead atoms. The van der Waals surface area contributed by atoms with Crippen molar-refractivity contribution in [2.24, 2.45) is 0 Å². The third-order valence-electron chi connectivity index (χ3n) is 2.95. The predicted molar refractivity (Wildman–Crippen MR) is 78.3 cm³/mol. The fourth-order valence-corrected chi connectivity index (χ4v) is 1.86. The second-order valence-electron chi connectivity index (χ2n) is 4.52.